The van der Waals surface area contributed by atoms with E-state index in [1.54, 1.807) is 28.0 Å². The van der Waals surface area contributed by atoms with Crippen molar-refractivity contribution < 1.29 is 0 Å². The predicted octanol–water partition coefficient (Wildman–Crippen LogP) is 2.22. The molecule has 8 heteroatoms. The average molecular weight is 342 g/mol. The molecular weight excluding hydrogens is 328 g/mol. The molecule has 8 nitrogen and oxygen atoms in total. The molecule has 0 amide bonds. The van der Waals surface area contributed by atoms with Gasteiger partial charge in [-0.2, -0.15) is 5.10 Å². The van der Waals surface area contributed by atoms with Crippen molar-refractivity contribution in [2.75, 3.05) is 0 Å². The van der Waals surface area contributed by atoms with Gasteiger partial charge in [-0.15, -0.1) is 5.10 Å². The van der Waals surface area contributed by atoms with Gasteiger partial charge in [0, 0.05) is 30.4 Å². The molecule has 0 fully saturated rings. The van der Waals surface area contributed by atoms with Crippen LogP contribution < -0.4 is 0 Å². The van der Waals surface area contributed by atoms with E-state index in [-0.39, 0.29) is 0 Å². The second-order valence-electron chi connectivity index (χ2n) is 6.04. The topological polar surface area (TPSA) is 87.2 Å². The lowest BCUT2D eigenvalue weighted by molar-refractivity contribution is 0.666. The van der Waals surface area contributed by atoms with Crippen LogP contribution in [0.1, 0.15) is 5.56 Å². The zero-order valence-corrected chi connectivity index (χ0v) is 14.0. The van der Waals surface area contributed by atoms with Gasteiger partial charge in [-0.1, -0.05) is 29.5 Å². The molecule has 26 heavy (non-hydrogen) atoms. The Labute approximate surface area is 148 Å². The molecule has 0 aliphatic rings. The molecule has 0 N–H and O–H groups in total. The third kappa shape index (κ3) is 2.39. The van der Waals surface area contributed by atoms with Crippen molar-refractivity contribution in [3.63, 3.8) is 0 Å². The number of rotatable bonds is 3. The van der Waals surface area contributed by atoms with Crippen LogP contribution >= 0.6 is 0 Å². The first-order valence-corrected chi connectivity index (χ1v) is 8.16. The van der Waals surface area contributed by atoms with E-state index in [2.05, 4.69) is 25.4 Å². The molecule has 4 heterocycles. The monoisotopic (exact) mass is 342 g/mol. The highest BCUT2D eigenvalue weighted by molar-refractivity contribution is 5.81. The lowest BCUT2D eigenvalue weighted by Gasteiger charge is -2.06. The summed E-state index contributed by atoms with van der Waals surface area (Å²) in [5.41, 5.74) is 4.82. The summed E-state index contributed by atoms with van der Waals surface area (Å²) in [4.78, 5) is 13.6. The van der Waals surface area contributed by atoms with E-state index in [0.29, 0.717) is 17.8 Å². The summed E-state index contributed by atoms with van der Waals surface area (Å²) >= 11 is 0. The smallest absolute Gasteiger partial charge is 0.221 e. The van der Waals surface area contributed by atoms with Crippen LogP contribution in [0.4, 0.5) is 0 Å². The number of nitrogens with zero attached hydrogens (tertiary/aromatic N) is 8. The van der Waals surface area contributed by atoms with Gasteiger partial charge in [-0.25, -0.2) is 14.6 Å². The molecule has 0 aliphatic carbocycles. The van der Waals surface area contributed by atoms with Crippen LogP contribution in [0, 0.1) is 0 Å². The molecule has 5 rings (SSSR count). The van der Waals surface area contributed by atoms with Gasteiger partial charge in [0.25, 0.3) is 0 Å². The Hall–Kier alpha value is -3.68. The lowest BCUT2D eigenvalue weighted by Crippen LogP contribution is -2.04. The van der Waals surface area contributed by atoms with Gasteiger partial charge >= 0.3 is 0 Å². The number of pyridine rings is 1. The molecule has 5 aromatic rings. The largest absolute Gasteiger partial charge is 0.275 e. The van der Waals surface area contributed by atoms with E-state index in [1.807, 2.05) is 43.6 Å². The summed E-state index contributed by atoms with van der Waals surface area (Å²) < 4.78 is 3.49. The minimum absolute atomic E-state index is 0.519. The fourth-order valence-corrected chi connectivity index (χ4v) is 3.01. The molecule has 0 atom stereocenters. The summed E-state index contributed by atoms with van der Waals surface area (Å²) in [6.07, 6.45) is 7.15. The maximum atomic E-state index is 4.70. The van der Waals surface area contributed by atoms with Crippen LogP contribution in [0.25, 0.3) is 33.5 Å². The standard InChI is InChI=1S/C18H14N8/c1-25-10-14(8-21-25)15-9-20-17-18(22-15)26(24-23-17)11-13-5-2-4-12-6-3-7-19-16(12)13/h2-10H,11H2,1H3. The van der Waals surface area contributed by atoms with E-state index in [0.717, 1.165) is 27.7 Å². The van der Waals surface area contributed by atoms with Crippen LogP contribution in [0.2, 0.25) is 0 Å². The molecule has 0 spiro atoms. The Kier molecular flexibility index (Phi) is 3.21. The number of benzene rings is 1. The molecule has 0 aliphatic heterocycles. The minimum atomic E-state index is 0.519. The maximum Gasteiger partial charge on any atom is 0.221 e. The zero-order chi connectivity index (χ0) is 17.5. The van der Waals surface area contributed by atoms with Crippen LogP contribution in [0.3, 0.4) is 0 Å². The summed E-state index contributed by atoms with van der Waals surface area (Å²) in [5, 5.41) is 13.6. The Balaban J connectivity index is 1.60. The second-order valence-corrected chi connectivity index (χ2v) is 6.04. The first-order chi connectivity index (χ1) is 12.8. The highest BCUT2D eigenvalue weighted by Crippen LogP contribution is 2.20. The SMILES string of the molecule is Cn1cc(-c2cnc3nnn(Cc4cccc5cccnc45)c3n2)cn1. The van der Waals surface area contributed by atoms with Crippen molar-refractivity contribution in [2.45, 2.75) is 6.54 Å². The fourth-order valence-electron chi connectivity index (χ4n) is 3.01. The van der Waals surface area contributed by atoms with Crippen molar-refractivity contribution in [1.29, 1.82) is 0 Å². The van der Waals surface area contributed by atoms with Gasteiger partial charge in [0.15, 0.2) is 5.65 Å². The molecule has 0 bridgehead atoms. The molecule has 0 unspecified atom stereocenters. The van der Waals surface area contributed by atoms with Crippen molar-refractivity contribution in [1.82, 2.24) is 39.7 Å². The second kappa shape index (κ2) is 5.69. The quantitative estimate of drug-likeness (QED) is 0.500. The average Bonchev–Trinajstić information content (AvgIpc) is 3.28. The predicted molar refractivity (Wildman–Crippen MR) is 96.2 cm³/mol. The molecular formula is C18H14N8. The van der Waals surface area contributed by atoms with Gasteiger partial charge < -0.3 is 0 Å². The van der Waals surface area contributed by atoms with E-state index >= 15 is 0 Å². The summed E-state index contributed by atoms with van der Waals surface area (Å²) in [6.45, 7) is 0.524. The van der Waals surface area contributed by atoms with Crippen LogP contribution in [-0.4, -0.2) is 39.7 Å². The van der Waals surface area contributed by atoms with Crippen molar-refractivity contribution >= 4 is 22.2 Å². The number of hydrogen-bond acceptors (Lipinski definition) is 6. The summed E-state index contributed by atoms with van der Waals surface area (Å²) in [5.74, 6) is 0. The first kappa shape index (κ1) is 14.6. The van der Waals surface area contributed by atoms with Gasteiger partial charge in [0.2, 0.25) is 5.65 Å². The highest BCUT2D eigenvalue weighted by atomic mass is 15.4. The Bertz CT molecular complexity index is 1230. The third-order valence-electron chi connectivity index (χ3n) is 4.26. The van der Waals surface area contributed by atoms with Crippen molar-refractivity contribution in [3.8, 4) is 11.3 Å². The Morgan fingerprint density at radius 2 is 1.96 bits per heavy atom. The molecule has 0 saturated carbocycles. The van der Waals surface area contributed by atoms with E-state index in [1.165, 1.54) is 0 Å². The van der Waals surface area contributed by atoms with E-state index in [9.17, 15) is 0 Å². The van der Waals surface area contributed by atoms with Crippen LogP contribution in [0.5, 0.6) is 0 Å². The Morgan fingerprint density at radius 1 is 1.04 bits per heavy atom. The normalized spacial score (nSPS) is 11.4. The van der Waals surface area contributed by atoms with E-state index < -0.39 is 0 Å². The van der Waals surface area contributed by atoms with Crippen molar-refractivity contribution in [2.24, 2.45) is 7.05 Å². The van der Waals surface area contributed by atoms with Crippen molar-refractivity contribution in [3.05, 3.63) is 60.7 Å². The summed E-state index contributed by atoms with van der Waals surface area (Å²) in [7, 11) is 1.87. The van der Waals surface area contributed by atoms with Crippen LogP contribution in [0.15, 0.2) is 55.1 Å². The number of hydrogen-bond donors (Lipinski definition) is 0. The highest BCUT2D eigenvalue weighted by Gasteiger charge is 2.12. The number of fused-ring (bicyclic) bond motifs is 2. The van der Waals surface area contributed by atoms with Gasteiger partial charge in [0.05, 0.1) is 30.1 Å². The van der Waals surface area contributed by atoms with E-state index in [4.69, 9.17) is 4.98 Å². The minimum Gasteiger partial charge on any atom is -0.275 e. The number of aromatic nitrogens is 8. The van der Waals surface area contributed by atoms with Gasteiger partial charge in [-0.05, 0) is 11.6 Å². The zero-order valence-electron chi connectivity index (χ0n) is 14.0. The third-order valence-corrected chi connectivity index (χ3v) is 4.26. The molecule has 126 valence electrons. The number of aryl methyl sites for hydroxylation is 1. The Morgan fingerprint density at radius 3 is 2.85 bits per heavy atom. The summed E-state index contributed by atoms with van der Waals surface area (Å²) in [6, 6.07) is 10.1. The molecule has 1 aromatic carbocycles. The maximum absolute atomic E-state index is 4.70. The molecule has 4 aromatic heterocycles. The van der Waals surface area contributed by atoms with Gasteiger partial charge in [0.1, 0.15) is 0 Å². The first-order valence-electron chi connectivity index (χ1n) is 8.16. The molecule has 0 saturated heterocycles. The van der Waals surface area contributed by atoms with Crippen LogP contribution in [-0.2, 0) is 13.6 Å². The number of para-hydroxylation sites is 1. The van der Waals surface area contributed by atoms with Gasteiger partial charge in [-0.3, -0.25) is 9.67 Å². The molecule has 0 radical (unpaired) electrons. The fraction of sp³-hybridized carbons (Fsp3) is 0.111. The lowest BCUT2D eigenvalue weighted by atomic mass is 10.1.